The van der Waals surface area contributed by atoms with Gasteiger partial charge in [-0.15, -0.1) is 6.58 Å². The molecular formula is C14H22N2O2S. The van der Waals surface area contributed by atoms with Crippen molar-refractivity contribution in [1.29, 1.82) is 0 Å². The molecule has 0 fully saturated rings. The van der Waals surface area contributed by atoms with Crippen molar-refractivity contribution in [2.24, 2.45) is 5.73 Å². The van der Waals surface area contributed by atoms with E-state index >= 15 is 0 Å². The van der Waals surface area contributed by atoms with Gasteiger partial charge in [0, 0.05) is 18.6 Å². The van der Waals surface area contributed by atoms with Crippen molar-refractivity contribution >= 4 is 10.0 Å². The minimum atomic E-state index is -3.55. The summed E-state index contributed by atoms with van der Waals surface area (Å²) in [5.41, 5.74) is 5.85. The number of benzene rings is 1. The minimum Gasteiger partial charge on any atom is -0.326 e. The Morgan fingerprint density at radius 2 is 2.00 bits per heavy atom. The number of rotatable bonds is 5. The molecule has 0 unspecified atom stereocenters. The first-order valence-corrected chi connectivity index (χ1v) is 7.60. The van der Waals surface area contributed by atoms with Crippen molar-refractivity contribution in [2.75, 3.05) is 6.54 Å². The number of nitrogens with two attached hydrogens (primary N) is 1. The third-order valence-corrected chi connectivity index (χ3v) is 4.89. The van der Waals surface area contributed by atoms with Crippen LogP contribution in [-0.4, -0.2) is 24.8 Å². The Morgan fingerprint density at radius 3 is 2.47 bits per heavy atom. The van der Waals surface area contributed by atoms with Crippen LogP contribution in [0.1, 0.15) is 26.3 Å². The van der Waals surface area contributed by atoms with Gasteiger partial charge in [-0.25, -0.2) is 8.42 Å². The molecule has 0 aliphatic rings. The summed E-state index contributed by atoms with van der Waals surface area (Å²) >= 11 is 0. The lowest BCUT2D eigenvalue weighted by molar-refractivity contribution is 0.270. The van der Waals surface area contributed by atoms with Gasteiger partial charge in [-0.05, 0) is 38.5 Å². The molecule has 4 nitrogen and oxygen atoms in total. The zero-order valence-electron chi connectivity index (χ0n) is 11.8. The maximum absolute atomic E-state index is 12.7. The van der Waals surface area contributed by atoms with Crippen LogP contribution in [0.5, 0.6) is 0 Å². The molecular weight excluding hydrogens is 260 g/mol. The molecule has 1 rings (SSSR count). The normalized spacial score (nSPS) is 12.7. The second kappa shape index (κ2) is 5.86. The van der Waals surface area contributed by atoms with Crippen molar-refractivity contribution in [3.63, 3.8) is 0 Å². The van der Waals surface area contributed by atoms with Crippen LogP contribution in [0.4, 0.5) is 0 Å². The van der Waals surface area contributed by atoms with Gasteiger partial charge in [-0.3, -0.25) is 0 Å². The molecule has 19 heavy (non-hydrogen) atoms. The van der Waals surface area contributed by atoms with Gasteiger partial charge in [0.15, 0.2) is 0 Å². The van der Waals surface area contributed by atoms with E-state index < -0.39 is 15.6 Å². The van der Waals surface area contributed by atoms with E-state index in [4.69, 9.17) is 5.73 Å². The van der Waals surface area contributed by atoms with Gasteiger partial charge in [0.05, 0.1) is 4.90 Å². The molecule has 106 valence electrons. The number of hydrogen-bond donors (Lipinski definition) is 1. The quantitative estimate of drug-likeness (QED) is 0.841. The Balaban J connectivity index is 3.30. The highest BCUT2D eigenvalue weighted by Crippen LogP contribution is 2.24. The van der Waals surface area contributed by atoms with Gasteiger partial charge in [0.2, 0.25) is 10.0 Å². The Morgan fingerprint density at radius 1 is 1.37 bits per heavy atom. The van der Waals surface area contributed by atoms with E-state index in [-0.39, 0.29) is 11.4 Å². The summed E-state index contributed by atoms with van der Waals surface area (Å²) in [5.74, 6) is 0. The molecule has 0 atom stereocenters. The topological polar surface area (TPSA) is 63.4 Å². The maximum Gasteiger partial charge on any atom is 0.243 e. The highest BCUT2D eigenvalue weighted by atomic mass is 32.2. The zero-order chi connectivity index (χ0) is 14.7. The molecule has 0 aromatic heterocycles. The summed E-state index contributed by atoms with van der Waals surface area (Å²) in [5, 5.41) is 0. The molecule has 0 saturated heterocycles. The van der Waals surface area contributed by atoms with Gasteiger partial charge in [0.1, 0.15) is 0 Å². The standard InChI is InChI=1S/C14H22N2O2S/c1-5-9-16(14(2,3)4)19(17,18)13-8-6-7-12(10-13)11-15/h5-8,10H,1,9,11,15H2,2-4H3. The van der Waals surface area contributed by atoms with Gasteiger partial charge < -0.3 is 5.73 Å². The van der Waals surface area contributed by atoms with Crippen LogP contribution < -0.4 is 5.73 Å². The van der Waals surface area contributed by atoms with E-state index in [0.29, 0.717) is 6.54 Å². The van der Waals surface area contributed by atoms with Crippen LogP contribution in [0.2, 0.25) is 0 Å². The lowest BCUT2D eigenvalue weighted by atomic mass is 10.1. The average Bonchev–Trinajstić information content (AvgIpc) is 2.34. The molecule has 0 heterocycles. The average molecular weight is 282 g/mol. The maximum atomic E-state index is 12.7. The van der Waals surface area contributed by atoms with Gasteiger partial charge >= 0.3 is 0 Å². The van der Waals surface area contributed by atoms with Gasteiger partial charge in [-0.1, -0.05) is 18.2 Å². The Bertz CT molecular complexity index is 545. The summed E-state index contributed by atoms with van der Waals surface area (Å²) < 4.78 is 26.8. The molecule has 0 bridgehead atoms. The molecule has 2 N–H and O–H groups in total. The molecule has 0 saturated carbocycles. The first-order valence-electron chi connectivity index (χ1n) is 6.16. The van der Waals surface area contributed by atoms with Crippen LogP contribution in [0.25, 0.3) is 0 Å². The van der Waals surface area contributed by atoms with Crippen LogP contribution in [0.3, 0.4) is 0 Å². The fourth-order valence-corrected chi connectivity index (χ4v) is 3.64. The Kier molecular flexibility index (Phi) is 4.90. The lowest BCUT2D eigenvalue weighted by Gasteiger charge is -2.33. The predicted molar refractivity (Wildman–Crippen MR) is 78.2 cm³/mol. The van der Waals surface area contributed by atoms with Crippen molar-refractivity contribution in [2.45, 2.75) is 37.8 Å². The lowest BCUT2D eigenvalue weighted by Crippen LogP contribution is -2.45. The second-order valence-electron chi connectivity index (χ2n) is 5.35. The highest BCUT2D eigenvalue weighted by Gasteiger charge is 2.32. The monoisotopic (exact) mass is 282 g/mol. The second-order valence-corrected chi connectivity index (χ2v) is 7.21. The first-order chi connectivity index (χ1) is 8.73. The summed E-state index contributed by atoms with van der Waals surface area (Å²) in [7, 11) is -3.55. The van der Waals surface area contributed by atoms with Crippen LogP contribution in [0, 0.1) is 0 Å². The largest absolute Gasteiger partial charge is 0.326 e. The Labute approximate surface area is 116 Å². The van der Waals surface area contributed by atoms with Crippen molar-refractivity contribution in [3.05, 3.63) is 42.5 Å². The van der Waals surface area contributed by atoms with Crippen molar-refractivity contribution in [1.82, 2.24) is 4.31 Å². The van der Waals surface area contributed by atoms with E-state index in [2.05, 4.69) is 6.58 Å². The molecule has 0 amide bonds. The van der Waals surface area contributed by atoms with Gasteiger partial charge in [-0.2, -0.15) is 4.31 Å². The van der Waals surface area contributed by atoms with Crippen LogP contribution >= 0.6 is 0 Å². The molecule has 1 aromatic rings. The van der Waals surface area contributed by atoms with E-state index in [1.54, 1.807) is 24.3 Å². The summed E-state index contributed by atoms with van der Waals surface area (Å²) in [4.78, 5) is 0.271. The molecule has 1 aromatic carbocycles. The SMILES string of the molecule is C=CCN(C(C)(C)C)S(=O)(=O)c1cccc(CN)c1. The fourth-order valence-electron chi connectivity index (χ4n) is 1.81. The number of hydrogen-bond acceptors (Lipinski definition) is 3. The summed E-state index contributed by atoms with van der Waals surface area (Å²) in [6, 6.07) is 6.74. The molecule has 0 spiro atoms. The smallest absolute Gasteiger partial charge is 0.243 e. The van der Waals surface area contributed by atoms with E-state index in [9.17, 15) is 8.42 Å². The molecule has 0 aliphatic heterocycles. The fraction of sp³-hybridized carbons (Fsp3) is 0.429. The number of sulfonamides is 1. The molecule has 0 aliphatic carbocycles. The molecule has 5 heteroatoms. The van der Waals surface area contributed by atoms with Crippen LogP contribution in [0.15, 0.2) is 41.8 Å². The first kappa shape index (κ1) is 15.9. The molecule has 0 radical (unpaired) electrons. The van der Waals surface area contributed by atoms with Crippen molar-refractivity contribution < 1.29 is 8.42 Å². The summed E-state index contributed by atoms with van der Waals surface area (Å²) in [6.07, 6.45) is 1.59. The van der Waals surface area contributed by atoms with E-state index in [1.165, 1.54) is 4.31 Å². The minimum absolute atomic E-state index is 0.271. The highest BCUT2D eigenvalue weighted by molar-refractivity contribution is 7.89. The van der Waals surface area contributed by atoms with Gasteiger partial charge in [0.25, 0.3) is 0 Å². The third-order valence-electron chi connectivity index (χ3n) is 2.77. The zero-order valence-corrected chi connectivity index (χ0v) is 12.6. The third kappa shape index (κ3) is 3.65. The predicted octanol–water partition coefficient (Wildman–Crippen LogP) is 2.12. The van der Waals surface area contributed by atoms with Crippen molar-refractivity contribution in [3.8, 4) is 0 Å². The van der Waals surface area contributed by atoms with E-state index in [0.717, 1.165) is 5.56 Å². The number of nitrogens with zero attached hydrogens (tertiary/aromatic N) is 1. The summed E-state index contributed by atoms with van der Waals surface area (Å²) in [6.45, 7) is 9.81. The van der Waals surface area contributed by atoms with E-state index in [1.807, 2.05) is 26.8 Å². The Hall–Kier alpha value is -1.17. The van der Waals surface area contributed by atoms with Crippen LogP contribution in [-0.2, 0) is 16.6 Å².